The van der Waals surface area contributed by atoms with E-state index in [2.05, 4.69) is 10.5 Å². The number of rotatable bonds is 4. The van der Waals surface area contributed by atoms with Crippen LogP contribution in [0.3, 0.4) is 0 Å². The molecule has 18 heavy (non-hydrogen) atoms. The van der Waals surface area contributed by atoms with Crippen LogP contribution in [0.4, 0.5) is 0 Å². The molecular weight excluding hydrogens is 273 g/mol. The Morgan fingerprint density at radius 1 is 1.39 bits per heavy atom. The number of nitrogens with one attached hydrogen (secondary N) is 1. The monoisotopic (exact) mass is 289 g/mol. The van der Waals surface area contributed by atoms with Gasteiger partial charge in [-0.05, 0) is 6.07 Å². The molecular formula is C12H17Cl2N3O. The number of hydrogen-bond donors (Lipinski definition) is 1. The molecule has 0 unspecified atom stereocenters. The maximum Gasteiger partial charge on any atom is 0.295 e. The molecule has 0 fully saturated rings. The zero-order chi connectivity index (χ0) is 12.9. The Bertz CT molecular complexity index is 428. The number of carbonyl (C=O) groups is 1. The maximum atomic E-state index is 11.5. The van der Waals surface area contributed by atoms with Gasteiger partial charge in [0.25, 0.3) is 5.91 Å². The van der Waals surface area contributed by atoms with Crippen molar-refractivity contribution in [3.8, 4) is 0 Å². The van der Waals surface area contributed by atoms with Gasteiger partial charge in [-0.1, -0.05) is 29.8 Å². The van der Waals surface area contributed by atoms with Crippen LogP contribution in [0.5, 0.6) is 0 Å². The standard InChI is InChI=1S/C12H16ClN3O.ClH/c1-16(2,3)9-12(17)15-14-8-10-6-4-5-7-11(10)13;/h4-8H,9H2,1-3H3;1H. The molecule has 0 spiro atoms. The Labute approximate surface area is 119 Å². The average Bonchev–Trinajstić information content (AvgIpc) is 2.18. The van der Waals surface area contributed by atoms with E-state index < -0.39 is 0 Å². The molecule has 0 bridgehead atoms. The summed E-state index contributed by atoms with van der Waals surface area (Å²) in [6, 6.07) is 7.31. The summed E-state index contributed by atoms with van der Waals surface area (Å²) in [6.07, 6.45) is 1.54. The van der Waals surface area contributed by atoms with Crippen LogP contribution in [0.2, 0.25) is 5.02 Å². The lowest BCUT2D eigenvalue weighted by Gasteiger charge is -2.21. The first-order chi connectivity index (χ1) is 7.88. The van der Waals surface area contributed by atoms with Crippen molar-refractivity contribution in [2.24, 2.45) is 5.10 Å². The Hall–Kier alpha value is -1.10. The summed E-state index contributed by atoms with van der Waals surface area (Å²) < 4.78 is 0.563. The highest BCUT2D eigenvalue weighted by atomic mass is 35.5. The molecule has 6 heteroatoms. The highest BCUT2D eigenvalue weighted by Gasteiger charge is 2.12. The zero-order valence-electron chi connectivity index (χ0n) is 10.7. The van der Waals surface area contributed by atoms with Gasteiger partial charge in [0.15, 0.2) is 6.54 Å². The van der Waals surface area contributed by atoms with Crippen molar-refractivity contribution in [1.29, 1.82) is 0 Å². The van der Waals surface area contributed by atoms with Crippen LogP contribution in [0.1, 0.15) is 5.56 Å². The molecule has 1 aromatic carbocycles. The molecule has 0 aliphatic rings. The zero-order valence-corrected chi connectivity index (χ0v) is 12.2. The number of halogens is 2. The number of nitrogens with zero attached hydrogens (tertiary/aromatic N) is 2. The van der Waals surface area contributed by atoms with Crippen molar-refractivity contribution in [3.63, 3.8) is 0 Å². The number of quaternary nitrogens is 1. The second kappa shape index (κ2) is 7.36. The third-order valence-corrected chi connectivity index (χ3v) is 2.26. The molecule has 0 atom stereocenters. The first-order valence-corrected chi connectivity index (χ1v) is 5.63. The molecule has 1 rings (SSSR count). The molecule has 0 aromatic heterocycles. The van der Waals surface area contributed by atoms with Gasteiger partial charge in [-0.2, -0.15) is 5.10 Å². The third-order valence-electron chi connectivity index (χ3n) is 1.92. The van der Waals surface area contributed by atoms with Crippen molar-refractivity contribution in [1.82, 2.24) is 5.43 Å². The Morgan fingerprint density at radius 3 is 2.56 bits per heavy atom. The predicted molar refractivity (Wildman–Crippen MR) is 70.1 cm³/mol. The molecule has 0 saturated heterocycles. The molecule has 0 radical (unpaired) electrons. The number of hydrazone groups is 1. The van der Waals surface area contributed by atoms with Gasteiger partial charge < -0.3 is 16.9 Å². The summed E-state index contributed by atoms with van der Waals surface area (Å²) in [5.41, 5.74) is 3.25. The van der Waals surface area contributed by atoms with E-state index in [0.717, 1.165) is 5.56 Å². The van der Waals surface area contributed by atoms with E-state index in [-0.39, 0.29) is 18.3 Å². The summed E-state index contributed by atoms with van der Waals surface area (Å²) >= 11 is 5.94. The van der Waals surface area contributed by atoms with Crippen LogP contribution in [0, 0.1) is 0 Å². The van der Waals surface area contributed by atoms with Crippen molar-refractivity contribution < 1.29 is 21.7 Å². The normalized spacial score (nSPS) is 11.1. The molecule has 0 aliphatic carbocycles. The number of amides is 1. The molecule has 1 aromatic rings. The maximum absolute atomic E-state index is 11.5. The van der Waals surface area contributed by atoms with Crippen LogP contribution in [0.15, 0.2) is 29.4 Å². The van der Waals surface area contributed by atoms with E-state index in [1.807, 2.05) is 39.3 Å². The fraction of sp³-hybridized carbons (Fsp3) is 0.333. The lowest BCUT2D eigenvalue weighted by molar-refractivity contribution is -0.862. The van der Waals surface area contributed by atoms with E-state index in [4.69, 9.17) is 11.6 Å². The summed E-state index contributed by atoms with van der Waals surface area (Å²) in [5, 5.41) is 4.48. The van der Waals surface area contributed by atoms with Crippen LogP contribution in [0.25, 0.3) is 0 Å². The second-order valence-corrected chi connectivity index (χ2v) is 5.17. The highest BCUT2D eigenvalue weighted by Crippen LogP contribution is 2.11. The predicted octanol–water partition coefficient (Wildman–Crippen LogP) is -1.50. The average molecular weight is 290 g/mol. The van der Waals surface area contributed by atoms with E-state index in [1.165, 1.54) is 6.21 Å². The van der Waals surface area contributed by atoms with Gasteiger partial charge in [0.2, 0.25) is 0 Å². The Balaban J connectivity index is 0.00000289. The first-order valence-electron chi connectivity index (χ1n) is 5.25. The summed E-state index contributed by atoms with van der Waals surface area (Å²) in [7, 11) is 5.83. The van der Waals surface area contributed by atoms with E-state index >= 15 is 0 Å². The van der Waals surface area contributed by atoms with Gasteiger partial charge in [-0.3, -0.25) is 4.79 Å². The number of carbonyl (C=O) groups excluding carboxylic acids is 1. The van der Waals surface area contributed by atoms with E-state index in [9.17, 15) is 4.79 Å². The highest BCUT2D eigenvalue weighted by molar-refractivity contribution is 6.33. The van der Waals surface area contributed by atoms with Crippen molar-refractivity contribution in [2.75, 3.05) is 27.7 Å². The quantitative estimate of drug-likeness (QED) is 0.409. The topological polar surface area (TPSA) is 41.5 Å². The smallest absolute Gasteiger partial charge is 0.295 e. The summed E-state index contributed by atoms with van der Waals surface area (Å²) in [4.78, 5) is 11.5. The van der Waals surface area contributed by atoms with Crippen molar-refractivity contribution in [2.45, 2.75) is 0 Å². The second-order valence-electron chi connectivity index (χ2n) is 4.76. The summed E-state index contributed by atoms with van der Waals surface area (Å²) in [5.74, 6) is -0.124. The van der Waals surface area contributed by atoms with Crippen LogP contribution >= 0.6 is 11.6 Å². The molecule has 0 saturated carbocycles. The van der Waals surface area contributed by atoms with Gasteiger partial charge in [0.05, 0.1) is 27.4 Å². The van der Waals surface area contributed by atoms with Crippen molar-refractivity contribution >= 4 is 23.7 Å². The SMILES string of the molecule is C[N+](C)(C)CC(=O)NN=Cc1ccccc1Cl.[Cl-]. The van der Waals surface area contributed by atoms with Gasteiger partial charge in [0, 0.05) is 10.6 Å². The largest absolute Gasteiger partial charge is 1.00 e. The van der Waals surface area contributed by atoms with E-state index in [0.29, 0.717) is 16.1 Å². The van der Waals surface area contributed by atoms with Crippen LogP contribution in [-0.2, 0) is 4.79 Å². The minimum absolute atomic E-state index is 0. The van der Waals surface area contributed by atoms with Gasteiger partial charge >= 0.3 is 0 Å². The number of likely N-dealkylation sites (N-methyl/N-ethyl adjacent to an activating group) is 1. The number of hydrogen-bond acceptors (Lipinski definition) is 2. The number of benzene rings is 1. The Kier molecular flexibility index (Phi) is 6.91. The van der Waals surface area contributed by atoms with Gasteiger partial charge in [0.1, 0.15) is 0 Å². The van der Waals surface area contributed by atoms with Gasteiger partial charge in [-0.15, -0.1) is 0 Å². The van der Waals surface area contributed by atoms with Crippen molar-refractivity contribution in [3.05, 3.63) is 34.9 Å². The first kappa shape index (κ1) is 16.9. The fourth-order valence-electron chi connectivity index (χ4n) is 1.22. The fourth-order valence-corrected chi connectivity index (χ4v) is 1.40. The van der Waals surface area contributed by atoms with Crippen LogP contribution < -0.4 is 17.8 Å². The van der Waals surface area contributed by atoms with Crippen LogP contribution in [-0.4, -0.2) is 44.3 Å². The third kappa shape index (κ3) is 6.59. The minimum atomic E-state index is -0.124. The molecule has 4 nitrogen and oxygen atoms in total. The minimum Gasteiger partial charge on any atom is -1.00 e. The molecule has 1 amide bonds. The molecule has 1 N–H and O–H groups in total. The summed E-state index contributed by atoms with van der Waals surface area (Å²) in [6.45, 7) is 0.375. The lowest BCUT2D eigenvalue weighted by Crippen LogP contribution is -3.00. The van der Waals surface area contributed by atoms with E-state index in [1.54, 1.807) is 6.07 Å². The Morgan fingerprint density at radius 2 is 2.00 bits per heavy atom. The molecule has 0 aliphatic heterocycles. The molecule has 0 heterocycles. The van der Waals surface area contributed by atoms with Gasteiger partial charge in [-0.25, -0.2) is 5.43 Å². The molecule has 100 valence electrons. The lowest BCUT2D eigenvalue weighted by atomic mass is 10.2.